The standard InChI is InChI=1S/C18H19NO2/c20-13-17-12-19(11-15-7-3-1-4-8-15)18(14-21-17)16-9-5-2-6-10-16/h1-10,13,17-18H,11-12,14H2/t17-,18+/m1/s1. The summed E-state index contributed by atoms with van der Waals surface area (Å²) in [4.78, 5) is 13.4. The van der Waals surface area contributed by atoms with Crippen molar-refractivity contribution in [3.8, 4) is 0 Å². The zero-order valence-corrected chi connectivity index (χ0v) is 11.9. The van der Waals surface area contributed by atoms with Crippen LogP contribution in [0, 0.1) is 0 Å². The fourth-order valence-electron chi connectivity index (χ4n) is 2.79. The molecule has 1 saturated heterocycles. The zero-order chi connectivity index (χ0) is 14.5. The Balaban J connectivity index is 1.82. The maximum absolute atomic E-state index is 11.0. The van der Waals surface area contributed by atoms with E-state index in [1.165, 1.54) is 11.1 Å². The van der Waals surface area contributed by atoms with E-state index in [1.807, 2.05) is 36.4 Å². The molecule has 3 heteroatoms. The van der Waals surface area contributed by atoms with Gasteiger partial charge in [-0.25, -0.2) is 0 Å². The summed E-state index contributed by atoms with van der Waals surface area (Å²) in [5, 5.41) is 0. The van der Waals surface area contributed by atoms with E-state index in [2.05, 4.69) is 29.2 Å². The van der Waals surface area contributed by atoms with Crippen molar-refractivity contribution in [2.45, 2.75) is 18.7 Å². The maximum Gasteiger partial charge on any atom is 0.150 e. The highest BCUT2D eigenvalue weighted by Crippen LogP contribution is 2.27. The lowest BCUT2D eigenvalue weighted by atomic mass is 10.0. The van der Waals surface area contributed by atoms with Gasteiger partial charge in [0.25, 0.3) is 0 Å². The second kappa shape index (κ2) is 6.66. The van der Waals surface area contributed by atoms with E-state index in [4.69, 9.17) is 4.74 Å². The molecule has 0 saturated carbocycles. The van der Waals surface area contributed by atoms with E-state index >= 15 is 0 Å². The molecule has 0 N–H and O–H groups in total. The van der Waals surface area contributed by atoms with E-state index in [1.54, 1.807) is 0 Å². The summed E-state index contributed by atoms with van der Waals surface area (Å²) < 4.78 is 5.65. The monoisotopic (exact) mass is 281 g/mol. The van der Waals surface area contributed by atoms with Crippen molar-refractivity contribution in [3.63, 3.8) is 0 Å². The Hall–Kier alpha value is -1.97. The summed E-state index contributed by atoms with van der Waals surface area (Å²) in [7, 11) is 0. The number of benzene rings is 2. The number of hydrogen-bond donors (Lipinski definition) is 0. The molecule has 0 radical (unpaired) electrons. The van der Waals surface area contributed by atoms with Gasteiger partial charge in [0.1, 0.15) is 12.4 Å². The van der Waals surface area contributed by atoms with Crippen LogP contribution >= 0.6 is 0 Å². The summed E-state index contributed by atoms with van der Waals surface area (Å²) in [5.41, 5.74) is 2.49. The van der Waals surface area contributed by atoms with Crippen LogP contribution in [-0.4, -0.2) is 30.4 Å². The third kappa shape index (κ3) is 3.38. The van der Waals surface area contributed by atoms with Crippen LogP contribution in [0.1, 0.15) is 17.2 Å². The van der Waals surface area contributed by atoms with Gasteiger partial charge in [0.15, 0.2) is 0 Å². The lowest BCUT2D eigenvalue weighted by Gasteiger charge is -2.38. The molecular formula is C18H19NO2. The number of ether oxygens (including phenoxy) is 1. The van der Waals surface area contributed by atoms with Gasteiger partial charge in [-0.05, 0) is 11.1 Å². The smallest absolute Gasteiger partial charge is 0.150 e. The Morgan fingerprint density at radius 1 is 1.05 bits per heavy atom. The van der Waals surface area contributed by atoms with Crippen LogP contribution < -0.4 is 0 Å². The van der Waals surface area contributed by atoms with Crippen molar-refractivity contribution in [3.05, 3.63) is 71.8 Å². The Morgan fingerprint density at radius 3 is 2.38 bits per heavy atom. The first kappa shape index (κ1) is 14.0. The van der Waals surface area contributed by atoms with Crippen LogP contribution in [0.25, 0.3) is 0 Å². The molecule has 3 nitrogen and oxygen atoms in total. The molecule has 0 bridgehead atoms. The van der Waals surface area contributed by atoms with Gasteiger partial charge >= 0.3 is 0 Å². The molecule has 0 aromatic heterocycles. The van der Waals surface area contributed by atoms with Gasteiger partial charge in [-0.15, -0.1) is 0 Å². The third-order valence-electron chi connectivity index (χ3n) is 3.89. The summed E-state index contributed by atoms with van der Waals surface area (Å²) in [6.45, 7) is 2.02. The molecule has 2 aromatic rings. The third-order valence-corrected chi connectivity index (χ3v) is 3.89. The van der Waals surface area contributed by atoms with E-state index < -0.39 is 0 Å². The van der Waals surface area contributed by atoms with Crippen molar-refractivity contribution in [2.75, 3.05) is 13.2 Å². The van der Waals surface area contributed by atoms with Gasteiger partial charge in [-0.1, -0.05) is 60.7 Å². The summed E-state index contributed by atoms with van der Waals surface area (Å²) in [6.07, 6.45) is 0.577. The Bertz CT molecular complexity index is 570. The van der Waals surface area contributed by atoms with Crippen LogP contribution in [0.15, 0.2) is 60.7 Å². The van der Waals surface area contributed by atoms with Gasteiger partial charge in [0.2, 0.25) is 0 Å². The van der Waals surface area contributed by atoms with Crippen molar-refractivity contribution >= 4 is 6.29 Å². The molecule has 2 aromatic carbocycles. The minimum atomic E-state index is -0.325. The first-order valence-corrected chi connectivity index (χ1v) is 7.26. The van der Waals surface area contributed by atoms with E-state index in [0.29, 0.717) is 13.2 Å². The normalized spacial score (nSPS) is 22.9. The quantitative estimate of drug-likeness (QED) is 0.807. The Morgan fingerprint density at radius 2 is 1.71 bits per heavy atom. The second-order valence-electron chi connectivity index (χ2n) is 5.35. The average molecular weight is 281 g/mol. The van der Waals surface area contributed by atoms with Crippen molar-refractivity contribution in [1.29, 1.82) is 0 Å². The van der Waals surface area contributed by atoms with Gasteiger partial charge in [0.05, 0.1) is 12.6 Å². The number of rotatable bonds is 4. The van der Waals surface area contributed by atoms with Crippen LogP contribution in [-0.2, 0) is 16.1 Å². The molecule has 0 amide bonds. The van der Waals surface area contributed by atoms with Crippen molar-refractivity contribution in [2.24, 2.45) is 0 Å². The van der Waals surface area contributed by atoms with Crippen LogP contribution in [0.5, 0.6) is 0 Å². The number of carbonyl (C=O) groups is 1. The fraction of sp³-hybridized carbons (Fsp3) is 0.278. The number of nitrogens with zero attached hydrogens (tertiary/aromatic N) is 1. The molecule has 1 aliphatic heterocycles. The first-order chi connectivity index (χ1) is 10.4. The lowest BCUT2D eigenvalue weighted by molar-refractivity contribution is -0.128. The predicted octanol–water partition coefficient (Wildman–Crippen LogP) is 2.83. The number of morpholine rings is 1. The van der Waals surface area contributed by atoms with E-state index in [-0.39, 0.29) is 12.1 Å². The van der Waals surface area contributed by atoms with Crippen LogP contribution in [0.4, 0.5) is 0 Å². The average Bonchev–Trinajstić information content (AvgIpc) is 2.56. The highest BCUT2D eigenvalue weighted by atomic mass is 16.5. The van der Waals surface area contributed by atoms with E-state index in [0.717, 1.165) is 12.8 Å². The fourth-order valence-corrected chi connectivity index (χ4v) is 2.79. The Kier molecular flexibility index (Phi) is 4.43. The van der Waals surface area contributed by atoms with Crippen molar-refractivity contribution in [1.82, 2.24) is 4.90 Å². The summed E-state index contributed by atoms with van der Waals surface area (Å²) in [5.74, 6) is 0. The Labute approximate surface area is 125 Å². The summed E-state index contributed by atoms with van der Waals surface area (Å²) >= 11 is 0. The SMILES string of the molecule is O=C[C@H]1CN(Cc2ccccc2)[C@H](c2ccccc2)CO1. The lowest BCUT2D eigenvalue weighted by Crippen LogP contribution is -2.44. The van der Waals surface area contributed by atoms with Gasteiger partial charge in [-0.2, -0.15) is 0 Å². The van der Waals surface area contributed by atoms with Crippen LogP contribution in [0.2, 0.25) is 0 Å². The second-order valence-corrected chi connectivity index (χ2v) is 5.35. The molecule has 1 fully saturated rings. The number of carbonyl (C=O) groups excluding carboxylic acids is 1. The molecule has 0 spiro atoms. The molecule has 108 valence electrons. The maximum atomic E-state index is 11.0. The number of hydrogen-bond acceptors (Lipinski definition) is 3. The zero-order valence-electron chi connectivity index (χ0n) is 11.9. The topological polar surface area (TPSA) is 29.5 Å². The molecule has 21 heavy (non-hydrogen) atoms. The molecule has 2 atom stereocenters. The van der Waals surface area contributed by atoms with Gasteiger partial charge in [0, 0.05) is 13.1 Å². The molecule has 0 aliphatic carbocycles. The molecular weight excluding hydrogens is 262 g/mol. The van der Waals surface area contributed by atoms with Crippen LogP contribution in [0.3, 0.4) is 0 Å². The molecule has 1 heterocycles. The minimum absolute atomic E-state index is 0.197. The molecule has 3 rings (SSSR count). The van der Waals surface area contributed by atoms with Gasteiger partial charge in [-0.3, -0.25) is 4.90 Å². The highest BCUT2D eigenvalue weighted by molar-refractivity contribution is 5.56. The van der Waals surface area contributed by atoms with E-state index in [9.17, 15) is 4.79 Å². The van der Waals surface area contributed by atoms with Crippen molar-refractivity contribution < 1.29 is 9.53 Å². The summed E-state index contributed by atoms with van der Waals surface area (Å²) in [6, 6.07) is 20.9. The molecule has 0 unspecified atom stereocenters. The minimum Gasteiger partial charge on any atom is -0.367 e. The predicted molar refractivity (Wildman–Crippen MR) is 81.8 cm³/mol. The first-order valence-electron chi connectivity index (χ1n) is 7.26. The highest BCUT2D eigenvalue weighted by Gasteiger charge is 2.29. The molecule has 1 aliphatic rings. The number of aldehydes is 1. The largest absolute Gasteiger partial charge is 0.367 e. The van der Waals surface area contributed by atoms with Gasteiger partial charge < -0.3 is 9.53 Å².